The van der Waals surface area contributed by atoms with Crippen LogP contribution in [0.2, 0.25) is 0 Å². The van der Waals surface area contributed by atoms with Crippen molar-refractivity contribution < 1.29 is 13.2 Å². The smallest absolute Gasteiger partial charge is 0.209 e. The highest BCUT2D eigenvalue weighted by molar-refractivity contribution is 7.89. The Kier molecular flexibility index (Phi) is 6.17. The summed E-state index contributed by atoms with van der Waals surface area (Å²) in [5.74, 6) is 1.18. The van der Waals surface area contributed by atoms with E-state index in [4.69, 9.17) is 20.6 Å². The first-order chi connectivity index (χ1) is 13.3. The van der Waals surface area contributed by atoms with E-state index in [1.54, 1.807) is 0 Å². The summed E-state index contributed by atoms with van der Waals surface area (Å²) in [6.07, 6.45) is 2.06. The molecule has 0 spiro atoms. The van der Waals surface area contributed by atoms with E-state index in [2.05, 4.69) is 16.5 Å². The topological polar surface area (TPSA) is 126 Å². The molecule has 1 atom stereocenters. The largest absolute Gasteiger partial charge is 0.382 e. The quantitative estimate of drug-likeness (QED) is 0.527. The number of nitrogen functional groups attached to an aromatic ring is 1. The van der Waals surface area contributed by atoms with Gasteiger partial charge in [0.15, 0.2) is 5.82 Å². The molecule has 8 nitrogen and oxygen atoms in total. The highest BCUT2D eigenvalue weighted by atomic mass is 32.2. The molecule has 1 aromatic carbocycles. The number of ether oxygens (including phenoxy) is 1. The van der Waals surface area contributed by atoms with Crippen molar-refractivity contribution in [3.63, 3.8) is 0 Å². The number of nitrogens with zero attached hydrogens (tertiary/aromatic N) is 3. The molecule has 4 N–H and O–H groups in total. The molecule has 2 aromatic heterocycles. The molecule has 0 aliphatic carbocycles. The van der Waals surface area contributed by atoms with Crippen LogP contribution in [0, 0.1) is 0 Å². The number of imidazole rings is 1. The van der Waals surface area contributed by atoms with Gasteiger partial charge in [-0.15, -0.1) is 0 Å². The van der Waals surface area contributed by atoms with Crippen molar-refractivity contribution in [3.05, 3.63) is 30.1 Å². The van der Waals surface area contributed by atoms with Crippen LogP contribution < -0.4 is 10.9 Å². The van der Waals surface area contributed by atoms with E-state index in [9.17, 15) is 8.42 Å². The van der Waals surface area contributed by atoms with Crippen LogP contribution in [0.25, 0.3) is 21.9 Å². The second-order valence-corrected chi connectivity index (χ2v) is 8.69. The molecule has 0 fully saturated rings. The maximum absolute atomic E-state index is 11.2. The fourth-order valence-corrected chi connectivity index (χ4v) is 4.12. The average Bonchev–Trinajstić information content (AvgIpc) is 3.03. The molecular weight excluding hydrogens is 378 g/mol. The van der Waals surface area contributed by atoms with E-state index in [-0.39, 0.29) is 11.8 Å². The number of rotatable bonds is 9. The molecule has 3 rings (SSSR count). The van der Waals surface area contributed by atoms with Gasteiger partial charge in [0.25, 0.3) is 0 Å². The summed E-state index contributed by atoms with van der Waals surface area (Å²) < 4.78 is 30.1. The summed E-state index contributed by atoms with van der Waals surface area (Å²) in [6.45, 7) is 4.99. The van der Waals surface area contributed by atoms with Gasteiger partial charge in [0.1, 0.15) is 17.9 Å². The third-order valence-electron chi connectivity index (χ3n) is 4.80. The summed E-state index contributed by atoms with van der Waals surface area (Å²) in [5.41, 5.74) is 8.62. The van der Waals surface area contributed by atoms with Crippen molar-refractivity contribution in [1.82, 2.24) is 14.5 Å². The maximum atomic E-state index is 11.2. The van der Waals surface area contributed by atoms with Gasteiger partial charge in [-0.2, -0.15) is 0 Å². The Labute approximate surface area is 164 Å². The van der Waals surface area contributed by atoms with Crippen molar-refractivity contribution in [1.29, 1.82) is 0 Å². The van der Waals surface area contributed by atoms with E-state index in [1.807, 2.05) is 31.2 Å². The Hall–Kier alpha value is -2.23. The van der Waals surface area contributed by atoms with Gasteiger partial charge in [0.05, 0.1) is 16.8 Å². The van der Waals surface area contributed by atoms with Gasteiger partial charge in [-0.1, -0.05) is 24.6 Å². The zero-order valence-corrected chi connectivity index (χ0v) is 17.1. The van der Waals surface area contributed by atoms with Crippen molar-refractivity contribution in [2.75, 3.05) is 18.1 Å². The average molecular weight is 406 g/mol. The number of benzene rings is 1. The number of para-hydroxylation sites is 1. The number of pyridine rings is 1. The Morgan fingerprint density at radius 1 is 1.21 bits per heavy atom. The second-order valence-electron chi connectivity index (χ2n) is 6.96. The zero-order valence-electron chi connectivity index (χ0n) is 16.3. The molecule has 3 aromatic rings. The van der Waals surface area contributed by atoms with E-state index in [0.717, 1.165) is 35.1 Å². The molecule has 2 heterocycles. The van der Waals surface area contributed by atoms with Gasteiger partial charge >= 0.3 is 0 Å². The molecular formula is C19H27N5O3S. The minimum absolute atomic E-state index is 0.00397. The Balaban J connectivity index is 2.02. The van der Waals surface area contributed by atoms with Gasteiger partial charge in [-0.25, -0.2) is 23.5 Å². The van der Waals surface area contributed by atoms with E-state index >= 15 is 0 Å². The lowest BCUT2D eigenvalue weighted by Crippen LogP contribution is -2.17. The van der Waals surface area contributed by atoms with Crippen LogP contribution in [0.4, 0.5) is 5.82 Å². The Morgan fingerprint density at radius 2 is 1.96 bits per heavy atom. The van der Waals surface area contributed by atoms with Crippen LogP contribution in [0.1, 0.15) is 45.0 Å². The SMILES string of the molecule is CCOCc1nc2c(N)nc3ccccc3c2n1C(C)CCCCS(N)(=O)=O. The van der Waals surface area contributed by atoms with Crippen LogP contribution in [0.5, 0.6) is 0 Å². The van der Waals surface area contributed by atoms with Crippen LogP contribution in [-0.2, 0) is 21.4 Å². The van der Waals surface area contributed by atoms with Crippen molar-refractivity contribution in [2.45, 2.75) is 45.8 Å². The molecule has 0 saturated carbocycles. The van der Waals surface area contributed by atoms with Gasteiger partial charge in [-0.05, 0) is 32.8 Å². The molecule has 0 aliphatic rings. The highest BCUT2D eigenvalue weighted by Gasteiger charge is 2.20. The van der Waals surface area contributed by atoms with Gasteiger partial charge in [0, 0.05) is 18.0 Å². The first kappa shape index (κ1) is 20.5. The van der Waals surface area contributed by atoms with E-state index < -0.39 is 10.0 Å². The van der Waals surface area contributed by atoms with Gasteiger partial charge in [0.2, 0.25) is 10.0 Å². The predicted octanol–water partition coefficient (Wildman–Crippen LogP) is 2.72. The summed E-state index contributed by atoms with van der Waals surface area (Å²) in [5, 5.41) is 6.08. The minimum Gasteiger partial charge on any atom is -0.382 e. The molecule has 0 aliphatic heterocycles. The van der Waals surface area contributed by atoms with E-state index in [0.29, 0.717) is 31.0 Å². The van der Waals surface area contributed by atoms with Gasteiger partial charge < -0.3 is 15.0 Å². The summed E-state index contributed by atoms with van der Waals surface area (Å²) in [6, 6.07) is 7.93. The van der Waals surface area contributed by atoms with Crippen molar-refractivity contribution >= 4 is 37.8 Å². The maximum Gasteiger partial charge on any atom is 0.209 e. The predicted molar refractivity (Wildman–Crippen MR) is 111 cm³/mol. The number of unbranched alkanes of at least 4 members (excludes halogenated alkanes) is 1. The first-order valence-corrected chi connectivity index (χ1v) is 11.2. The summed E-state index contributed by atoms with van der Waals surface area (Å²) in [7, 11) is -3.43. The lowest BCUT2D eigenvalue weighted by molar-refractivity contribution is 0.124. The molecule has 9 heteroatoms. The van der Waals surface area contributed by atoms with Crippen LogP contribution in [0.3, 0.4) is 0 Å². The first-order valence-electron chi connectivity index (χ1n) is 9.45. The lowest BCUT2D eigenvalue weighted by atomic mass is 10.1. The molecule has 152 valence electrons. The third-order valence-corrected chi connectivity index (χ3v) is 5.66. The lowest BCUT2D eigenvalue weighted by Gasteiger charge is -2.18. The van der Waals surface area contributed by atoms with Crippen molar-refractivity contribution in [3.8, 4) is 0 Å². The monoisotopic (exact) mass is 405 g/mol. The molecule has 0 saturated heterocycles. The fourth-order valence-electron chi connectivity index (χ4n) is 3.51. The van der Waals surface area contributed by atoms with Gasteiger partial charge in [-0.3, -0.25) is 0 Å². The Bertz CT molecular complexity index is 1080. The standard InChI is InChI=1S/C19H27N5O3S/c1-3-27-12-16-23-17-18(14-9-4-5-10-15(14)22-19(17)20)24(16)13(2)8-6-7-11-28(21,25)26/h4-5,9-10,13H,3,6-8,11-12H2,1-2H3,(H2,20,22)(H2,21,25,26). The third kappa shape index (κ3) is 4.43. The number of primary sulfonamides is 1. The molecule has 0 amide bonds. The van der Waals surface area contributed by atoms with E-state index in [1.165, 1.54) is 0 Å². The van der Waals surface area contributed by atoms with Crippen molar-refractivity contribution in [2.24, 2.45) is 5.14 Å². The number of hydrogen-bond acceptors (Lipinski definition) is 6. The van der Waals surface area contributed by atoms with Crippen LogP contribution >= 0.6 is 0 Å². The molecule has 1 unspecified atom stereocenters. The number of sulfonamides is 1. The minimum atomic E-state index is -3.43. The summed E-state index contributed by atoms with van der Waals surface area (Å²) >= 11 is 0. The highest BCUT2D eigenvalue weighted by Crippen LogP contribution is 2.32. The number of nitrogens with two attached hydrogens (primary N) is 2. The molecule has 0 bridgehead atoms. The number of anilines is 1. The molecule has 0 radical (unpaired) electrons. The number of hydrogen-bond donors (Lipinski definition) is 2. The zero-order chi connectivity index (χ0) is 20.3. The number of fused-ring (bicyclic) bond motifs is 3. The summed E-state index contributed by atoms with van der Waals surface area (Å²) in [4.78, 5) is 9.20. The Morgan fingerprint density at radius 3 is 2.68 bits per heavy atom. The number of aromatic nitrogens is 3. The van der Waals surface area contributed by atoms with Crippen LogP contribution in [0.15, 0.2) is 24.3 Å². The second kappa shape index (κ2) is 8.42. The normalized spacial score (nSPS) is 13.4. The molecule has 28 heavy (non-hydrogen) atoms. The van der Waals surface area contributed by atoms with Crippen LogP contribution in [-0.4, -0.2) is 35.3 Å². The fraction of sp³-hybridized carbons (Fsp3) is 0.474.